The quantitative estimate of drug-likeness (QED) is 0.831. The van der Waals surface area contributed by atoms with Gasteiger partial charge in [0.1, 0.15) is 11.6 Å². The van der Waals surface area contributed by atoms with E-state index in [1.807, 2.05) is 0 Å². The highest BCUT2D eigenvalue weighted by atomic mass is 79.9. The van der Waals surface area contributed by atoms with Gasteiger partial charge in [0, 0.05) is 10.0 Å². The maximum Gasteiger partial charge on any atom is 0.193 e. The Morgan fingerprint density at radius 1 is 1.37 bits per heavy atom. The van der Waals surface area contributed by atoms with Crippen molar-refractivity contribution in [2.45, 2.75) is 19.4 Å². The molecular formula is C14H14BrClFNO. The molecule has 2 nitrogen and oxygen atoms in total. The van der Waals surface area contributed by atoms with E-state index < -0.39 is 0 Å². The van der Waals surface area contributed by atoms with Gasteiger partial charge in [0.15, 0.2) is 5.22 Å². The van der Waals surface area contributed by atoms with Gasteiger partial charge in [-0.05, 0) is 54.9 Å². The van der Waals surface area contributed by atoms with Crippen LogP contribution in [0, 0.1) is 5.82 Å². The maximum atomic E-state index is 14.0. The average molecular weight is 347 g/mol. The molecule has 0 amide bonds. The summed E-state index contributed by atoms with van der Waals surface area (Å²) in [5, 5.41) is 3.57. The molecule has 0 bridgehead atoms. The summed E-state index contributed by atoms with van der Waals surface area (Å²) < 4.78 is 20.2. The minimum atomic E-state index is -0.343. The fourth-order valence-corrected chi connectivity index (χ4v) is 2.40. The summed E-state index contributed by atoms with van der Waals surface area (Å²) in [6.45, 7) is 2.81. The summed E-state index contributed by atoms with van der Waals surface area (Å²) in [4.78, 5) is 0. The third-order valence-corrected chi connectivity index (χ3v) is 3.44. The Bertz CT molecular complexity index is 558. The van der Waals surface area contributed by atoms with Crippen LogP contribution >= 0.6 is 27.5 Å². The maximum absolute atomic E-state index is 14.0. The van der Waals surface area contributed by atoms with E-state index in [0.29, 0.717) is 16.5 Å². The molecule has 2 aromatic rings. The summed E-state index contributed by atoms with van der Waals surface area (Å²) in [6, 6.07) is 7.93. The first kappa shape index (κ1) is 14.6. The number of hydrogen-bond acceptors (Lipinski definition) is 2. The Morgan fingerprint density at radius 2 is 2.16 bits per heavy atom. The lowest BCUT2D eigenvalue weighted by atomic mass is 10.0. The van der Waals surface area contributed by atoms with Crippen molar-refractivity contribution < 1.29 is 8.81 Å². The summed E-state index contributed by atoms with van der Waals surface area (Å²) >= 11 is 9.16. The van der Waals surface area contributed by atoms with E-state index in [9.17, 15) is 4.39 Å². The Labute approximate surface area is 125 Å². The lowest BCUT2D eigenvalue weighted by Gasteiger charge is -2.17. The Hall–Kier alpha value is -0.840. The van der Waals surface area contributed by atoms with Crippen LogP contribution in [0.1, 0.15) is 30.7 Å². The Kier molecular flexibility index (Phi) is 5.02. The lowest BCUT2D eigenvalue weighted by molar-refractivity contribution is 0.437. The first-order valence-electron chi connectivity index (χ1n) is 6.05. The average Bonchev–Trinajstić information content (AvgIpc) is 2.80. The van der Waals surface area contributed by atoms with Gasteiger partial charge in [0.2, 0.25) is 0 Å². The Balaban J connectivity index is 2.39. The molecule has 1 atom stereocenters. The van der Waals surface area contributed by atoms with E-state index in [0.717, 1.165) is 17.4 Å². The second kappa shape index (κ2) is 6.55. The first-order chi connectivity index (χ1) is 9.11. The van der Waals surface area contributed by atoms with E-state index in [-0.39, 0.29) is 11.9 Å². The molecule has 102 valence electrons. The molecule has 1 N–H and O–H groups in total. The van der Waals surface area contributed by atoms with Crippen LogP contribution < -0.4 is 5.32 Å². The van der Waals surface area contributed by atoms with E-state index >= 15 is 0 Å². The van der Waals surface area contributed by atoms with Crippen LogP contribution in [0.3, 0.4) is 0 Å². The van der Waals surface area contributed by atoms with Gasteiger partial charge in [-0.25, -0.2) is 4.39 Å². The molecule has 0 radical (unpaired) electrons. The Morgan fingerprint density at radius 3 is 2.79 bits per heavy atom. The van der Waals surface area contributed by atoms with Crippen LogP contribution in [0.15, 0.2) is 39.2 Å². The van der Waals surface area contributed by atoms with E-state index in [1.165, 1.54) is 6.07 Å². The second-order valence-corrected chi connectivity index (χ2v) is 5.48. The summed E-state index contributed by atoms with van der Waals surface area (Å²) in [7, 11) is 0. The van der Waals surface area contributed by atoms with Crippen LogP contribution in [0.2, 0.25) is 5.22 Å². The van der Waals surface area contributed by atoms with Crippen molar-refractivity contribution in [1.82, 2.24) is 5.32 Å². The zero-order valence-electron chi connectivity index (χ0n) is 10.4. The van der Waals surface area contributed by atoms with E-state index in [4.69, 9.17) is 16.0 Å². The lowest BCUT2D eigenvalue weighted by Crippen LogP contribution is -2.23. The van der Waals surface area contributed by atoms with Gasteiger partial charge in [-0.1, -0.05) is 22.9 Å². The summed E-state index contributed by atoms with van der Waals surface area (Å²) in [5.41, 5.74) is 0.536. The molecule has 0 fully saturated rings. The number of rotatable bonds is 5. The third kappa shape index (κ3) is 3.59. The molecule has 2 rings (SSSR count). The normalized spacial score (nSPS) is 12.6. The van der Waals surface area contributed by atoms with Gasteiger partial charge >= 0.3 is 0 Å². The smallest absolute Gasteiger partial charge is 0.193 e. The van der Waals surface area contributed by atoms with Crippen molar-refractivity contribution in [2.75, 3.05) is 6.54 Å². The highest BCUT2D eigenvalue weighted by molar-refractivity contribution is 9.10. The van der Waals surface area contributed by atoms with Crippen molar-refractivity contribution in [2.24, 2.45) is 0 Å². The molecule has 1 unspecified atom stereocenters. The van der Waals surface area contributed by atoms with Crippen molar-refractivity contribution in [3.05, 3.63) is 57.2 Å². The van der Waals surface area contributed by atoms with Crippen LogP contribution in [0.4, 0.5) is 4.39 Å². The largest absolute Gasteiger partial charge is 0.448 e. The number of benzene rings is 1. The van der Waals surface area contributed by atoms with Crippen LogP contribution in [0.25, 0.3) is 0 Å². The molecule has 0 saturated carbocycles. The molecule has 1 aromatic carbocycles. The molecule has 0 aliphatic carbocycles. The number of furan rings is 1. The molecule has 0 spiro atoms. The monoisotopic (exact) mass is 345 g/mol. The first-order valence-corrected chi connectivity index (χ1v) is 7.22. The molecule has 0 aliphatic rings. The van der Waals surface area contributed by atoms with E-state index in [1.54, 1.807) is 24.3 Å². The molecule has 1 heterocycles. The van der Waals surface area contributed by atoms with Gasteiger partial charge in [-0.2, -0.15) is 0 Å². The van der Waals surface area contributed by atoms with Crippen LogP contribution in [-0.2, 0) is 0 Å². The highest BCUT2D eigenvalue weighted by Crippen LogP contribution is 2.29. The van der Waals surface area contributed by atoms with Crippen molar-refractivity contribution >= 4 is 27.5 Å². The summed E-state index contributed by atoms with van der Waals surface area (Å²) in [5.74, 6) is 0.333. The standard InChI is InChI=1S/C14H14BrClFNO/c1-2-7-18-14(12-5-6-13(16)19-12)10-8-9(15)3-4-11(10)17/h3-6,8,14,18H,2,7H2,1H3. The number of halogens is 3. The molecule has 19 heavy (non-hydrogen) atoms. The van der Waals surface area contributed by atoms with E-state index in [2.05, 4.69) is 28.2 Å². The van der Waals surface area contributed by atoms with Gasteiger partial charge in [0.05, 0.1) is 6.04 Å². The molecule has 1 aromatic heterocycles. The molecule has 5 heteroatoms. The van der Waals surface area contributed by atoms with Gasteiger partial charge < -0.3 is 9.73 Å². The molecule has 0 saturated heterocycles. The fraction of sp³-hybridized carbons (Fsp3) is 0.286. The number of nitrogens with one attached hydrogen (secondary N) is 1. The van der Waals surface area contributed by atoms with Gasteiger partial charge in [-0.3, -0.25) is 0 Å². The van der Waals surface area contributed by atoms with Crippen molar-refractivity contribution in [1.29, 1.82) is 0 Å². The van der Waals surface area contributed by atoms with Crippen LogP contribution in [-0.4, -0.2) is 6.54 Å². The van der Waals surface area contributed by atoms with Gasteiger partial charge in [-0.15, -0.1) is 0 Å². The fourth-order valence-electron chi connectivity index (χ4n) is 1.87. The molecule has 0 aliphatic heterocycles. The molecular weight excluding hydrogens is 333 g/mol. The van der Waals surface area contributed by atoms with Crippen molar-refractivity contribution in [3.63, 3.8) is 0 Å². The number of hydrogen-bond donors (Lipinski definition) is 1. The topological polar surface area (TPSA) is 25.2 Å². The predicted molar refractivity (Wildman–Crippen MR) is 78.0 cm³/mol. The zero-order chi connectivity index (χ0) is 13.8. The SMILES string of the molecule is CCCNC(c1ccc(Cl)o1)c1cc(Br)ccc1F. The third-order valence-electron chi connectivity index (χ3n) is 2.75. The van der Waals surface area contributed by atoms with Crippen molar-refractivity contribution in [3.8, 4) is 0 Å². The predicted octanol–water partition coefficient (Wildman–Crippen LogP) is 4.92. The van der Waals surface area contributed by atoms with Gasteiger partial charge in [0.25, 0.3) is 0 Å². The zero-order valence-corrected chi connectivity index (χ0v) is 12.8. The van der Waals surface area contributed by atoms with Crippen LogP contribution in [0.5, 0.6) is 0 Å². The minimum absolute atomic E-state index is 0.274. The summed E-state index contributed by atoms with van der Waals surface area (Å²) in [6.07, 6.45) is 0.945. The second-order valence-electron chi connectivity index (χ2n) is 4.19. The minimum Gasteiger partial charge on any atom is -0.448 e. The highest BCUT2D eigenvalue weighted by Gasteiger charge is 2.20.